The first kappa shape index (κ1) is 17.3. The molecule has 0 atom stereocenters. The zero-order valence-corrected chi connectivity index (χ0v) is 17.2. The number of hydrogen-bond acceptors (Lipinski definition) is 2. The smallest absolute Gasteiger partial charge is 0.184 e. The fourth-order valence-electron chi connectivity index (χ4n) is 4.09. The molecule has 1 aromatic carbocycles. The normalized spacial score (nSPS) is 22.5. The van der Waals surface area contributed by atoms with Gasteiger partial charge in [-0.25, -0.2) is 0 Å². The van der Waals surface area contributed by atoms with Crippen molar-refractivity contribution < 1.29 is 0 Å². The summed E-state index contributed by atoms with van der Waals surface area (Å²) in [4.78, 5) is 6.23. The lowest BCUT2D eigenvalue weighted by Gasteiger charge is -2.43. The van der Waals surface area contributed by atoms with Crippen molar-refractivity contribution in [1.29, 1.82) is 0 Å². The zero-order chi connectivity index (χ0) is 17.7. The predicted molar refractivity (Wildman–Crippen MR) is 109 cm³/mol. The molecule has 2 aromatic rings. The molecule has 5 rings (SSSR count). The van der Waals surface area contributed by atoms with Gasteiger partial charge in [0.2, 0.25) is 0 Å². The molecular formula is C21H24Cl2N2S. The molecule has 3 aliphatic rings. The molecule has 0 radical (unpaired) electrons. The van der Waals surface area contributed by atoms with Crippen LogP contribution in [0.15, 0.2) is 28.6 Å². The molecular weight excluding hydrogens is 383 g/mol. The number of hydrogen-bond donors (Lipinski definition) is 0. The number of halogens is 2. The molecule has 3 fully saturated rings. The standard InChI is InChI=1S/C21H24Cl2N2S/c22-17-7-6-16(10-18(17)23)21(8-1-9-21)19-13-26-20(24-11-14-2-3-14)25(19)12-15-4-5-15/h6-7,10,13-15H,1-5,8-9,11-12H2/b24-20-. The molecule has 5 heteroatoms. The second kappa shape index (κ2) is 6.68. The van der Waals surface area contributed by atoms with Crippen molar-refractivity contribution in [3.8, 4) is 0 Å². The Morgan fingerprint density at radius 1 is 1.08 bits per heavy atom. The molecule has 2 nitrogen and oxygen atoms in total. The highest BCUT2D eigenvalue weighted by Crippen LogP contribution is 2.50. The van der Waals surface area contributed by atoms with E-state index >= 15 is 0 Å². The summed E-state index contributed by atoms with van der Waals surface area (Å²) in [5.74, 6) is 1.68. The molecule has 0 bridgehead atoms. The number of rotatable bonds is 6. The van der Waals surface area contributed by atoms with E-state index in [1.165, 1.54) is 61.0 Å². The second-order valence-corrected chi connectivity index (χ2v) is 9.96. The van der Waals surface area contributed by atoms with E-state index in [-0.39, 0.29) is 5.41 Å². The van der Waals surface area contributed by atoms with Crippen LogP contribution in [0.1, 0.15) is 56.2 Å². The number of benzene rings is 1. The van der Waals surface area contributed by atoms with E-state index in [1.807, 2.05) is 17.4 Å². The SMILES string of the molecule is Clc1ccc(C2(c3cs/c(=N\CC4CC4)n3CC3CC3)CCC2)cc1Cl. The average Bonchev–Trinajstić information content (AvgIpc) is 3.50. The number of nitrogens with zero attached hydrogens (tertiary/aromatic N) is 2. The Kier molecular flexibility index (Phi) is 4.46. The summed E-state index contributed by atoms with van der Waals surface area (Å²) in [6, 6.07) is 6.21. The lowest BCUT2D eigenvalue weighted by atomic mass is 9.62. The van der Waals surface area contributed by atoms with Crippen LogP contribution in [0.25, 0.3) is 0 Å². The van der Waals surface area contributed by atoms with E-state index in [2.05, 4.69) is 22.1 Å². The van der Waals surface area contributed by atoms with Crippen molar-refractivity contribution in [3.63, 3.8) is 0 Å². The van der Waals surface area contributed by atoms with Crippen molar-refractivity contribution in [2.75, 3.05) is 6.54 Å². The molecule has 1 heterocycles. The summed E-state index contributed by atoms with van der Waals surface area (Å²) in [6.45, 7) is 2.13. The van der Waals surface area contributed by atoms with Crippen LogP contribution in [-0.2, 0) is 12.0 Å². The van der Waals surface area contributed by atoms with Gasteiger partial charge in [0, 0.05) is 29.6 Å². The molecule has 138 valence electrons. The lowest BCUT2D eigenvalue weighted by molar-refractivity contribution is 0.281. The van der Waals surface area contributed by atoms with Crippen molar-refractivity contribution in [1.82, 2.24) is 4.57 Å². The van der Waals surface area contributed by atoms with E-state index in [1.54, 1.807) is 0 Å². The third kappa shape index (κ3) is 3.16. The minimum absolute atomic E-state index is 0.0902. The van der Waals surface area contributed by atoms with E-state index in [0.29, 0.717) is 10.0 Å². The van der Waals surface area contributed by atoms with Crippen molar-refractivity contribution in [3.05, 3.63) is 49.7 Å². The summed E-state index contributed by atoms with van der Waals surface area (Å²) in [5.41, 5.74) is 2.86. The molecule has 3 aliphatic carbocycles. The highest BCUT2D eigenvalue weighted by molar-refractivity contribution is 7.07. The topological polar surface area (TPSA) is 17.3 Å². The van der Waals surface area contributed by atoms with Crippen molar-refractivity contribution >= 4 is 34.5 Å². The van der Waals surface area contributed by atoms with Gasteiger partial charge in [-0.15, -0.1) is 11.3 Å². The molecule has 0 aliphatic heterocycles. The Hall–Kier alpha value is -0.770. The molecule has 0 amide bonds. The highest BCUT2D eigenvalue weighted by Gasteiger charge is 2.43. The molecule has 0 saturated heterocycles. The molecule has 26 heavy (non-hydrogen) atoms. The predicted octanol–water partition coefficient (Wildman–Crippen LogP) is 6.05. The quantitative estimate of drug-likeness (QED) is 0.555. The van der Waals surface area contributed by atoms with E-state index in [4.69, 9.17) is 28.2 Å². The van der Waals surface area contributed by atoms with Gasteiger partial charge in [0.1, 0.15) is 0 Å². The van der Waals surface area contributed by atoms with E-state index < -0.39 is 0 Å². The maximum absolute atomic E-state index is 6.36. The Morgan fingerprint density at radius 2 is 1.85 bits per heavy atom. The van der Waals surface area contributed by atoms with Gasteiger partial charge < -0.3 is 4.57 Å². The summed E-state index contributed by atoms with van der Waals surface area (Å²) >= 11 is 14.4. The van der Waals surface area contributed by atoms with Crippen LogP contribution in [0, 0.1) is 11.8 Å². The van der Waals surface area contributed by atoms with Gasteiger partial charge in [-0.2, -0.15) is 0 Å². The van der Waals surface area contributed by atoms with Gasteiger partial charge in [0.25, 0.3) is 0 Å². The zero-order valence-electron chi connectivity index (χ0n) is 14.9. The van der Waals surface area contributed by atoms with Crippen LogP contribution in [0.5, 0.6) is 0 Å². The average molecular weight is 407 g/mol. The molecule has 0 N–H and O–H groups in total. The fraction of sp³-hybridized carbons (Fsp3) is 0.571. The summed E-state index contributed by atoms with van der Waals surface area (Å²) in [5, 5.41) is 3.68. The van der Waals surface area contributed by atoms with Gasteiger partial charge in [-0.05, 0) is 68.1 Å². The van der Waals surface area contributed by atoms with Gasteiger partial charge in [0.15, 0.2) is 4.80 Å². The van der Waals surface area contributed by atoms with Gasteiger partial charge >= 0.3 is 0 Å². The molecule has 0 spiro atoms. The maximum atomic E-state index is 6.36. The van der Waals surface area contributed by atoms with E-state index in [0.717, 1.165) is 24.9 Å². The molecule has 1 aromatic heterocycles. The monoisotopic (exact) mass is 406 g/mol. The van der Waals surface area contributed by atoms with Crippen LogP contribution >= 0.6 is 34.5 Å². The van der Waals surface area contributed by atoms with Crippen LogP contribution in [0.4, 0.5) is 0 Å². The third-order valence-electron chi connectivity index (χ3n) is 6.29. The van der Waals surface area contributed by atoms with Crippen LogP contribution in [0.2, 0.25) is 10.0 Å². The second-order valence-electron chi connectivity index (χ2n) is 8.31. The minimum Gasteiger partial charge on any atom is -0.320 e. The Balaban J connectivity index is 1.58. The van der Waals surface area contributed by atoms with Crippen LogP contribution < -0.4 is 4.80 Å². The van der Waals surface area contributed by atoms with Crippen molar-refractivity contribution in [2.24, 2.45) is 16.8 Å². The first-order valence-electron chi connectivity index (χ1n) is 9.80. The van der Waals surface area contributed by atoms with Gasteiger partial charge in [-0.1, -0.05) is 35.7 Å². The summed E-state index contributed by atoms with van der Waals surface area (Å²) in [7, 11) is 0. The van der Waals surface area contributed by atoms with Gasteiger partial charge in [-0.3, -0.25) is 4.99 Å². The van der Waals surface area contributed by atoms with Crippen LogP contribution in [0.3, 0.4) is 0 Å². The summed E-state index contributed by atoms with van der Waals surface area (Å²) in [6.07, 6.45) is 9.10. The Labute approximate surface area is 168 Å². The highest BCUT2D eigenvalue weighted by atomic mass is 35.5. The van der Waals surface area contributed by atoms with Gasteiger partial charge in [0.05, 0.1) is 10.0 Å². The third-order valence-corrected chi connectivity index (χ3v) is 7.93. The molecule has 3 saturated carbocycles. The van der Waals surface area contributed by atoms with Crippen molar-refractivity contribution in [2.45, 2.75) is 56.9 Å². The summed E-state index contributed by atoms with van der Waals surface area (Å²) < 4.78 is 2.55. The number of thiazole rings is 1. The lowest BCUT2D eigenvalue weighted by Crippen LogP contribution is -2.39. The number of aromatic nitrogens is 1. The fourth-order valence-corrected chi connectivity index (χ4v) is 5.41. The first-order valence-corrected chi connectivity index (χ1v) is 11.4. The minimum atomic E-state index is 0.0902. The first-order chi connectivity index (χ1) is 12.7. The maximum Gasteiger partial charge on any atom is 0.184 e. The van der Waals surface area contributed by atoms with E-state index in [9.17, 15) is 0 Å². The molecule has 0 unspecified atom stereocenters. The Bertz CT molecular complexity index is 886. The van der Waals surface area contributed by atoms with Crippen LogP contribution in [-0.4, -0.2) is 11.1 Å². The Morgan fingerprint density at radius 3 is 2.46 bits per heavy atom. The largest absolute Gasteiger partial charge is 0.320 e.